The molecule has 0 aromatic carbocycles. The number of rotatable bonds is 3. The van der Waals surface area contributed by atoms with Gasteiger partial charge in [0, 0.05) is 0 Å². The molecular weight excluding hydrogens is 184 g/mol. The average molecular weight is 208 g/mol. The molecule has 1 N–H and O–H groups in total. The van der Waals surface area contributed by atoms with Crippen LogP contribution in [0.2, 0.25) is 0 Å². The topological polar surface area (TPSA) is 20.2 Å². The van der Waals surface area contributed by atoms with Crippen molar-refractivity contribution in [3.63, 3.8) is 0 Å². The Labute approximate surface area is 93.3 Å². The maximum Gasteiger partial charge on any atom is 0.0704 e. The van der Waals surface area contributed by atoms with Crippen molar-refractivity contribution in [2.24, 2.45) is 23.7 Å². The molecule has 0 aliphatic heterocycles. The van der Waals surface area contributed by atoms with E-state index in [0.29, 0.717) is 11.8 Å². The Morgan fingerprint density at radius 1 is 1.00 bits per heavy atom. The van der Waals surface area contributed by atoms with Crippen LogP contribution in [-0.2, 0) is 0 Å². The number of hydrogen-bond acceptors (Lipinski definition) is 1. The van der Waals surface area contributed by atoms with Crippen molar-refractivity contribution in [2.45, 2.75) is 63.9 Å². The van der Waals surface area contributed by atoms with E-state index in [2.05, 4.69) is 6.92 Å². The number of hydrogen-bond donors (Lipinski definition) is 1. The zero-order valence-electron chi connectivity index (χ0n) is 9.91. The Hall–Kier alpha value is -0.0400. The molecule has 86 valence electrons. The summed E-state index contributed by atoms with van der Waals surface area (Å²) in [5.74, 6) is 3.30. The highest BCUT2D eigenvalue weighted by molar-refractivity contribution is 5.06. The minimum atomic E-state index is -0.247. The van der Waals surface area contributed by atoms with Crippen LogP contribution in [0.15, 0.2) is 0 Å². The van der Waals surface area contributed by atoms with Crippen LogP contribution < -0.4 is 0 Å². The molecule has 4 fully saturated rings. The Kier molecular flexibility index (Phi) is 2.35. The third kappa shape index (κ3) is 1.46. The second-order valence-corrected chi connectivity index (χ2v) is 6.40. The molecule has 4 saturated carbocycles. The van der Waals surface area contributed by atoms with Gasteiger partial charge in [-0.2, -0.15) is 0 Å². The van der Waals surface area contributed by atoms with Gasteiger partial charge in [-0.25, -0.2) is 0 Å². The maximum absolute atomic E-state index is 10.9. The van der Waals surface area contributed by atoms with Crippen LogP contribution in [-0.4, -0.2) is 10.7 Å². The lowest BCUT2D eigenvalue weighted by Gasteiger charge is -2.59. The molecule has 0 radical (unpaired) electrons. The highest BCUT2D eigenvalue weighted by atomic mass is 16.3. The molecule has 1 heteroatoms. The van der Waals surface area contributed by atoms with Crippen molar-refractivity contribution >= 4 is 0 Å². The standard InChI is InChI=1S/C14H24O/c1-2-3-4-14(15)12-6-10-5-11(8-12)9-13(14)7-10/h10-13,15H,2-9H2,1H3. The van der Waals surface area contributed by atoms with E-state index in [1.807, 2.05) is 0 Å². The van der Waals surface area contributed by atoms with E-state index >= 15 is 0 Å². The van der Waals surface area contributed by atoms with Gasteiger partial charge in [0.25, 0.3) is 0 Å². The number of unbranched alkanes of at least 4 members (excludes halogenated alkanes) is 1. The van der Waals surface area contributed by atoms with Crippen molar-refractivity contribution in [3.8, 4) is 0 Å². The molecular formula is C14H24O. The van der Waals surface area contributed by atoms with E-state index in [1.165, 1.54) is 44.9 Å². The molecule has 4 bridgehead atoms. The zero-order chi connectivity index (χ0) is 10.5. The summed E-state index contributed by atoms with van der Waals surface area (Å²) < 4.78 is 0. The lowest BCUT2D eigenvalue weighted by atomic mass is 9.49. The quantitative estimate of drug-likeness (QED) is 0.754. The highest BCUT2D eigenvalue weighted by Crippen LogP contribution is 2.59. The van der Waals surface area contributed by atoms with Crippen LogP contribution in [0.1, 0.15) is 58.3 Å². The molecule has 0 spiro atoms. The summed E-state index contributed by atoms with van der Waals surface area (Å²) in [4.78, 5) is 0. The summed E-state index contributed by atoms with van der Waals surface area (Å²) >= 11 is 0. The van der Waals surface area contributed by atoms with E-state index in [0.717, 1.165) is 18.3 Å². The van der Waals surface area contributed by atoms with Crippen LogP contribution in [0.25, 0.3) is 0 Å². The summed E-state index contributed by atoms with van der Waals surface area (Å²) in [5.41, 5.74) is -0.247. The van der Waals surface area contributed by atoms with Gasteiger partial charge in [0.2, 0.25) is 0 Å². The smallest absolute Gasteiger partial charge is 0.0704 e. The lowest BCUT2D eigenvalue weighted by Crippen LogP contribution is -2.57. The molecule has 0 heterocycles. The van der Waals surface area contributed by atoms with Crippen LogP contribution in [0.3, 0.4) is 0 Å². The molecule has 0 saturated heterocycles. The number of aliphatic hydroxyl groups is 1. The highest BCUT2D eigenvalue weighted by Gasteiger charge is 2.55. The second-order valence-electron chi connectivity index (χ2n) is 6.40. The lowest BCUT2D eigenvalue weighted by molar-refractivity contribution is -0.176. The molecule has 0 aromatic heterocycles. The van der Waals surface area contributed by atoms with Crippen molar-refractivity contribution in [2.75, 3.05) is 0 Å². The summed E-state index contributed by atoms with van der Waals surface area (Å²) in [5, 5.41) is 10.9. The zero-order valence-corrected chi connectivity index (χ0v) is 9.91. The molecule has 0 atom stereocenters. The molecule has 0 aromatic rings. The van der Waals surface area contributed by atoms with E-state index in [4.69, 9.17) is 0 Å². The predicted molar refractivity (Wildman–Crippen MR) is 61.5 cm³/mol. The van der Waals surface area contributed by atoms with Gasteiger partial charge < -0.3 is 5.11 Å². The van der Waals surface area contributed by atoms with Crippen molar-refractivity contribution in [1.29, 1.82) is 0 Å². The van der Waals surface area contributed by atoms with Crippen molar-refractivity contribution < 1.29 is 5.11 Å². The van der Waals surface area contributed by atoms with Gasteiger partial charge in [0.1, 0.15) is 0 Å². The first-order valence-electron chi connectivity index (χ1n) is 6.94. The van der Waals surface area contributed by atoms with E-state index in [9.17, 15) is 5.11 Å². The summed E-state index contributed by atoms with van der Waals surface area (Å²) in [6.45, 7) is 2.24. The van der Waals surface area contributed by atoms with Crippen LogP contribution in [0.5, 0.6) is 0 Å². The second kappa shape index (κ2) is 3.48. The van der Waals surface area contributed by atoms with Crippen molar-refractivity contribution in [1.82, 2.24) is 0 Å². The third-order valence-electron chi connectivity index (χ3n) is 5.48. The fourth-order valence-corrected chi connectivity index (χ4v) is 4.87. The first-order chi connectivity index (χ1) is 7.22. The molecule has 1 nitrogen and oxygen atoms in total. The molecule has 4 aliphatic carbocycles. The molecule has 0 amide bonds. The third-order valence-corrected chi connectivity index (χ3v) is 5.48. The van der Waals surface area contributed by atoms with Crippen molar-refractivity contribution in [3.05, 3.63) is 0 Å². The van der Waals surface area contributed by atoms with Crippen LogP contribution in [0.4, 0.5) is 0 Å². The summed E-state index contributed by atoms with van der Waals surface area (Å²) in [7, 11) is 0. The van der Waals surface area contributed by atoms with Gasteiger partial charge in [0.15, 0.2) is 0 Å². The fourth-order valence-electron chi connectivity index (χ4n) is 4.87. The molecule has 15 heavy (non-hydrogen) atoms. The predicted octanol–water partition coefficient (Wildman–Crippen LogP) is 3.36. The first kappa shape index (κ1) is 10.1. The Morgan fingerprint density at radius 3 is 2.00 bits per heavy atom. The SMILES string of the molecule is CCCCC1(O)C2CC3CC(C2)CC1C3. The van der Waals surface area contributed by atoms with Gasteiger partial charge >= 0.3 is 0 Å². The minimum absolute atomic E-state index is 0.247. The van der Waals surface area contributed by atoms with E-state index < -0.39 is 0 Å². The monoisotopic (exact) mass is 208 g/mol. The van der Waals surface area contributed by atoms with E-state index in [-0.39, 0.29) is 5.60 Å². The summed E-state index contributed by atoms with van der Waals surface area (Å²) in [6.07, 6.45) is 10.4. The minimum Gasteiger partial charge on any atom is -0.389 e. The molecule has 0 unspecified atom stereocenters. The normalized spacial score (nSPS) is 52.4. The summed E-state index contributed by atoms with van der Waals surface area (Å²) in [6, 6.07) is 0. The Morgan fingerprint density at radius 2 is 1.53 bits per heavy atom. The van der Waals surface area contributed by atoms with Gasteiger partial charge in [0.05, 0.1) is 5.60 Å². The van der Waals surface area contributed by atoms with Gasteiger partial charge in [-0.05, 0) is 62.2 Å². The first-order valence-corrected chi connectivity index (χ1v) is 6.94. The van der Waals surface area contributed by atoms with Crippen LogP contribution in [0, 0.1) is 23.7 Å². The van der Waals surface area contributed by atoms with Gasteiger partial charge in [-0.15, -0.1) is 0 Å². The van der Waals surface area contributed by atoms with Gasteiger partial charge in [-0.1, -0.05) is 19.8 Å². The maximum atomic E-state index is 10.9. The average Bonchev–Trinajstić information content (AvgIpc) is 2.22. The fraction of sp³-hybridized carbons (Fsp3) is 1.00. The Balaban J connectivity index is 1.78. The molecule has 4 rings (SSSR count). The molecule has 4 aliphatic rings. The largest absolute Gasteiger partial charge is 0.389 e. The van der Waals surface area contributed by atoms with E-state index in [1.54, 1.807) is 0 Å². The van der Waals surface area contributed by atoms with Crippen LogP contribution >= 0.6 is 0 Å². The Bertz CT molecular complexity index is 218. The van der Waals surface area contributed by atoms with Gasteiger partial charge in [-0.3, -0.25) is 0 Å².